The Hall–Kier alpha value is -3.27. The number of Topliss-reactive ketones (excluding diaryl/α,β-unsaturated/α-hetero) is 1. The minimum absolute atomic E-state index is 0.0708. The molecule has 0 saturated carbocycles. The topological polar surface area (TPSA) is 107 Å². The molecule has 0 spiro atoms. The van der Waals surface area contributed by atoms with Gasteiger partial charge in [-0.1, -0.05) is 25.5 Å². The molecule has 0 aliphatic carbocycles. The molecule has 1 heterocycles. The zero-order chi connectivity index (χ0) is 30.2. The molecular weight excluding hydrogens is 546 g/mol. The van der Waals surface area contributed by atoms with Crippen molar-refractivity contribution in [2.24, 2.45) is 0 Å². The number of hydrogen-bond donors (Lipinski definition) is 3. The number of unbranched alkanes of at least 4 members (excludes halogenated alkanes) is 2. The third kappa shape index (κ3) is 11.9. The summed E-state index contributed by atoms with van der Waals surface area (Å²) in [6.07, 6.45) is 6.79. The second-order valence-corrected chi connectivity index (χ2v) is 11.8. The van der Waals surface area contributed by atoms with Crippen molar-refractivity contribution in [2.45, 2.75) is 70.2 Å². The number of aliphatic hydroxyl groups excluding tert-OH is 1. The van der Waals surface area contributed by atoms with Gasteiger partial charge in [0.25, 0.3) is 0 Å². The second kappa shape index (κ2) is 18.3. The first kappa shape index (κ1) is 33.2. The number of aliphatic hydroxyl groups is 1. The number of benzene rings is 2. The summed E-state index contributed by atoms with van der Waals surface area (Å²) in [6.45, 7) is 8.48. The molecule has 8 nitrogen and oxygen atoms in total. The number of hydrogen-bond acceptors (Lipinski definition) is 8. The molecule has 1 aromatic heterocycles. The zero-order valence-electron chi connectivity index (χ0n) is 25.1. The van der Waals surface area contributed by atoms with E-state index in [0.29, 0.717) is 24.5 Å². The van der Waals surface area contributed by atoms with Gasteiger partial charge in [-0.2, -0.15) is 0 Å². The maximum Gasteiger partial charge on any atom is 0.234 e. The predicted octanol–water partition coefficient (Wildman–Crippen LogP) is 6.34. The molecule has 3 aromatic rings. The highest BCUT2D eigenvalue weighted by Crippen LogP contribution is 2.24. The number of rotatable bonds is 19. The van der Waals surface area contributed by atoms with Crippen LogP contribution in [0.2, 0.25) is 0 Å². The van der Waals surface area contributed by atoms with Crippen molar-refractivity contribution in [3.8, 4) is 11.3 Å². The van der Waals surface area contributed by atoms with Gasteiger partial charge in [0, 0.05) is 52.7 Å². The number of amides is 1. The monoisotopic (exact) mass is 591 g/mol. The number of carbonyl (C=O) groups excluding carboxylic acids is 2. The summed E-state index contributed by atoms with van der Waals surface area (Å²) in [5.74, 6) is 1.59. The van der Waals surface area contributed by atoms with Gasteiger partial charge in [0.1, 0.15) is 0 Å². The minimum Gasteiger partial charge on any atom is -0.396 e. The van der Waals surface area contributed by atoms with E-state index in [4.69, 9.17) is 5.11 Å². The molecule has 3 N–H and O–H groups in total. The second-order valence-electron chi connectivity index (χ2n) is 10.7. The van der Waals surface area contributed by atoms with E-state index in [9.17, 15) is 9.59 Å². The fraction of sp³-hybridized carbons (Fsp3) is 0.455. The number of carbonyl (C=O) groups is 2. The van der Waals surface area contributed by atoms with Gasteiger partial charge in [0.15, 0.2) is 5.78 Å². The van der Waals surface area contributed by atoms with Crippen LogP contribution < -0.4 is 10.6 Å². The summed E-state index contributed by atoms with van der Waals surface area (Å²) in [5.41, 5.74) is 3.34. The molecule has 0 fully saturated rings. The molecule has 0 radical (unpaired) electrons. The lowest BCUT2D eigenvalue weighted by Gasteiger charge is -2.21. The average molecular weight is 592 g/mol. The quantitative estimate of drug-likeness (QED) is 0.0842. The lowest BCUT2D eigenvalue weighted by atomic mass is 10.0. The van der Waals surface area contributed by atoms with E-state index < -0.39 is 0 Å². The van der Waals surface area contributed by atoms with E-state index >= 15 is 0 Å². The van der Waals surface area contributed by atoms with E-state index in [0.717, 1.165) is 72.8 Å². The highest BCUT2D eigenvalue weighted by atomic mass is 32.2. The van der Waals surface area contributed by atoms with Crippen LogP contribution in [0.1, 0.15) is 69.7 Å². The van der Waals surface area contributed by atoms with Crippen molar-refractivity contribution in [3.63, 3.8) is 0 Å². The van der Waals surface area contributed by atoms with Crippen molar-refractivity contribution >= 4 is 35.1 Å². The number of nitrogens with one attached hydrogen (secondary N) is 2. The van der Waals surface area contributed by atoms with Crippen LogP contribution in [-0.4, -0.2) is 69.7 Å². The molecule has 0 bridgehead atoms. The van der Waals surface area contributed by atoms with Gasteiger partial charge in [0.2, 0.25) is 11.9 Å². The Morgan fingerprint density at radius 1 is 0.952 bits per heavy atom. The first-order chi connectivity index (χ1) is 20.4. The summed E-state index contributed by atoms with van der Waals surface area (Å²) >= 11 is 1.73. The van der Waals surface area contributed by atoms with Gasteiger partial charge in [0.05, 0.1) is 12.2 Å². The maximum atomic E-state index is 12.7. The third-order valence-corrected chi connectivity index (χ3v) is 7.67. The Balaban J connectivity index is 1.44. The lowest BCUT2D eigenvalue weighted by Crippen LogP contribution is -2.40. The minimum atomic E-state index is 0.0708. The van der Waals surface area contributed by atoms with Gasteiger partial charge < -0.3 is 15.7 Å². The number of thioether (sulfide) groups is 1. The van der Waals surface area contributed by atoms with E-state index in [1.165, 1.54) is 0 Å². The molecule has 3 rings (SSSR count). The van der Waals surface area contributed by atoms with Crippen molar-refractivity contribution in [2.75, 3.05) is 37.3 Å². The first-order valence-electron chi connectivity index (χ1n) is 15.0. The van der Waals surface area contributed by atoms with Gasteiger partial charge in [-0.25, -0.2) is 9.97 Å². The number of anilines is 2. The van der Waals surface area contributed by atoms with E-state index in [1.807, 2.05) is 56.3 Å². The fourth-order valence-electron chi connectivity index (χ4n) is 4.52. The molecule has 42 heavy (non-hydrogen) atoms. The molecule has 0 atom stereocenters. The van der Waals surface area contributed by atoms with Crippen molar-refractivity contribution in [1.29, 1.82) is 0 Å². The van der Waals surface area contributed by atoms with Crippen molar-refractivity contribution < 1.29 is 14.7 Å². The molecule has 0 unspecified atom stereocenters. The largest absolute Gasteiger partial charge is 0.396 e. The SMILES string of the molecule is CCCN(CCCCCC(=O)c1ccc(Nc2nccc(-c3ccc(SCCCO)cc3)n2)cc1)CC(=O)NC(C)C. The highest BCUT2D eigenvalue weighted by Gasteiger charge is 2.11. The van der Waals surface area contributed by atoms with Crippen LogP contribution in [0.5, 0.6) is 0 Å². The lowest BCUT2D eigenvalue weighted by molar-refractivity contribution is -0.122. The van der Waals surface area contributed by atoms with Gasteiger partial charge >= 0.3 is 0 Å². The maximum absolute atomic E-state index is 12.7. The summed E-state index contributed by atoms with van der Waals surface area (Å²) in [5, 5.41) is 15.2. The first-order valence-corrected chi connectivity index (χ1v) is 16.0. The van der Waals surface area contributed by atoms with Crippen LogP contribution in [0.25, 0.3) is 11.3 Å². The van der Waals surface area contributed by atoms with Crippen LogP contribution in [0.3, 0.4) is 0 Å². The third-order valence-electron chi connectivity index (χ3n) is 6.57. The molecule has 226 valence electrons. The summed E-state index contributed by atoms with van der Waals surface area (Å²) in [6, 6.07) is 17.7. The summed E-state index contributed by atoms with van der Waals surface area (Å²) in [4.78, 5) is 37.2. The summed E-state index contributed by atoms with van der Waals surface area (Å²) in [7, 11) is 0. The van der Waals surface area contributed by atoms with E-state index in [-0.39, 0.29) is 24.3 Å². The van der Waals surface area contributed by atoms with Crippen LogP contribution in [0.4, 0.5) is 11.6 Å². The zero-order valence-corrected chi connectivity index (χ0v) is 26.0. The Labute approximate surface area is 254 Å². The van der Waals surface area contributed by atoms with E-state index in [1.54, 1.807) is 18.0 Å². The van der Waals surface area contributed by atoms with Gasteiger partial charge in [-0.05, 0) is 95.1 Å². The Bertz CT molecular complexity index is 1240. The van der Waals surface area contributed by atoms with Gasteiger partial charge in [-0.15, -0.1) is 11.8 Å². The van der Waals surface area contributed by atoms with Crippen molar-refractivity contribution in [3.05, 3.63) is 66.4 Å². The Morgan fingerprint density at radius 2 is 1.71 bits per heavy atom. The van der Waals surface area contributed by atoms with Crippen LogP contribution in [0, 0.1) is 0 Å². The number of aromatic nitrogens is 2. The molecule has 0 aliphatic rings. The average Bonchev–Trinajstić information content (AvgIpc) is 2.97. The van der Waals surface area contributed by atoms with Crippen LogP contribution in [0.15, 0.2) is 65.7 Å². The molecule has 1 amide bonds. The standard InChI is InChI=1S/C33H45N5O3S/c1-4-20-38(24-32(41)35-25(2)3)21-7-5-6-9-31(40)27-10-14-28(15-11-27)36-33-34-19-18-30(37-33)26-12-16-29(17-13-26)42-23-8-22-39/h10-19,25,39H,4-9,20-24H2,1-3H3,(H,35,41)(H,34,36,37). The molecule has 0 aliphatic heterocycles. The highest BCUT2D eigenvalue weighted by molar-refractivity contribution is 7.99. The predicted molar refractivity (Wildman–Crippen MR) is 172 cm³/mol. The molecule has 0 saturated heterocycles. The van der Waals surface area contributed by atoms with Crippen LogP contribution >= 0.6 is 11.8 Å². The number of ketones is 1. The Kier molecular flexibility index (Phi) is 14.5. The number of nitrogens with zero attached hydrogens (tertiary/aromatic N) is 3. The van der Waals surface area contributed by atoms with E-state index in [2.05, 4.69) is 44.6 Å². The van der Waals surface area contributed by atoms with Gasteiger partial charge in [-0.3, -0.25) is 14.5 Å². The summed E-state index contributed by atoms with van der Waals surface area (Å²) < 4.78 is 0. The normalized spacial score (nSPS) is 11.2. The smallest absolute Gasteiger partial charge is 0.234 e. The molecular formula is C33H45N5O3S. The molecule has 9 heteroatoms. The fourth-order valence-corrected chi connectivity index (χ4v) is 5.36. The molecule has 2 aromatic carbocycles. The Morgan fingerprint density at radius 3 is 2.40 bits per heavy atom. The van der Waals surface area contributed by atoms with Crippen LogP contribution in [-0.2, 0) is 4.79 Å². The van der Waals surface area contributed by atoms with Crippen molar-refractivity contribution in [1.82, 2.24) is 20.2 Å².